The van der Waals surface area contributed by atoms with Crippen molar-refractivity contribution in [1.82, 2.24) is 14.7 Å². The molecule has 1 heterocycles. The molecule has 0 aliphatic rings. The summed E-state index contributed by atoms with van der Waals surface area (Å²) in [6, 6.07) is 0. The number of nitrogen functional groups attached to an aromatic ring is 1. The van der Waals surface area contributed by atoms with Gasteiger partial charge in [-0.1, -0.05) is 13.8 Å². The first-order valence-corrected chi connectivity index (χ1v) is 5.97. The van der Waals surface area contributed by atoms with Crippen molar-refractivity contribution in [3.8, 4) is 0 Å². The molecule has 1 rings (SSSR count). The third-order valence-corrected chi connectivity index (χ3v) is 3.02. The van der Waals surface area contributed by atoms with E-state index in [9.17, 15) is 8.42 Å². The molecule has 15 heavy (non-hydrogen) atoms. The summed E-state index contributed by atoms with van der Waals surface area (Å²) in [7, 11) is -3.50. The Balaban J connectivity index is 2.82. The fourth-order valence-corrected chi connectivity index (χ4v) is 1.93. The van der Waals surface area contributed by atoms with Crippen LogP contribution in [0.2, 0.25) is 0 Å². The van der Waals surface area contributed by atoms with Gasteiger partial charge in [0.2, 0.25) is 16.0 Å². The molecule has 0 saturated carbocycles. The van der Waals surface area contributed by atoms with Crippen LogP contribution in [0.25, 0.3) is 0 Å². The molecule has 0 unspecified atom stereocenters. The van der Waals surface area contributed by atoms with Gasteiger partial charge in [0, 0.05) is 6.54 Å². The maximum absolute atomic E-state index is 11.6. The third-order valence-electron chi connectivity index (χ3n) is 1.64. The molecule has 1 aromatic rings. The van der Waals surface area contributed by atoms with Crippen molar-refractivity contribution in [2.75, 3.05) is 12.3 Å². The van der Waals surface area contributed by atoms with Gasteiger partial charge in [0.1, 0.15) is 4.90 Å². The highest BCUT2D eigenvalue weighted by Gasteiger charge is 2.14. The summed E-state index contributed by atoms with van der Waals surface area (Å²) in [6.45, 7) is 4.22. The number of aromatic nitrogens is 2. The molecule has 0 radical (unpaired) electrons. The topological polar surface area (TPSA) is 98.0 Å². The second-order valence-corrected chi connectivity index (χ2v) is 5.29. The van der Waals surface area contributed by atoms with Gasteiger partial charge in [-0.05, 0) is 5.92 Å². The lowest BCUT2D eigenvalue weighted by Gasteiger charge is -2.07. The molecular weight excluding hydrogens is 216 g/mol. The van der Waals surface area contributed by atoms with Crippen LogP contribution < -0.4 is 10.5 Å². The molecule has 0 atom stereocenters. The number of nitrogens with zero attached hydrogens (tertiary/aromatic N) is 2. The van der Waals surface area contributed by atoms with Crippen LogP contribution in [-0.4, -0.2) is 24.9 Å². The largest absolute Gasteiger partial charge is 0.368 e. The minimum absolute atomic E-state index is 0.0253. The zero-order valence-electron chi connectivity index (χ0n) is 8.64. The fraction of sp³-hybridized carbons (Fsp3) is 0.500. The maximum atomic E-state index is 11.6. The van der Waals surface area contributed by atoms with E-state index >= 15 is 0 Å². The number of hydrogen-bond donors (Lipinski definition) is 2. The summed E-state index contributed by atoms with van der Waals surface area (Å²) in [6.07, 6.45) is 2.37. The fourth-order valence-electron chi connectivity index (χ4n) is 0.825. The molecule has 0 aromatic carbocycles. The second kappa shape index (κ2) is 4.54. The van der Waals surface area contributed by atoms with Crippen LogP contribution in [0.3, 0.4) is 0 Å². The molecule has 7 heteroatoms. The van der Waals surface area contributed by atoms with E-state index in [1.807, 2.05) is 13.8 Å². The molecular formula is C8H14N4O2S. The van der Waals surface area contributed by atoms with Crippen molar-refractivity contribution in [2.24, 2.45) is 5.92 Å². The normalized spacial score (nSPS) is 11.9. The van der Waals surface area contributed by atoms with Crippen LogP contribution in [0.5, 0.6) is 0 Å². The molecule has 0 aliphatic heterocycles. The van der Waals surface area contributed by atoms with Crippen molar-refractivity contribution in [3.63, 3.8) is 0 Å². The Labute approximate surface area is 89.0 Å². The zero-order chi connectivity index (χ0) is 11.5. The van der Waals surface area contributed by atoms with E-state index in [1.165, 1.54) is 12.4 Å². The van der Waals surface area contributed by atoms with E-state index in [4.69, 9.17) is 5.73 Å². The number of hydrogen-bond acceptors (Lipinski definition) is 5. The van der Waals surface area contributed by atoms with Crippen molar-refractivity contribution >= 4 is 16.0 Å². The summed E-state index contributed by atoms with van der Waals surface area (Å²) in [5.41, 5.74) is 5.25. The van der Waals surface area contributed by atoms with E-state index in [1.54, 1.807) is 0 Å². The molecule has 0 bridgehead atoms. The number of rotatable bonds is 4. The van der Waals surface area contributed by atoms with Gasteiger partial charge < -0.3 is 5.73 Å². The van der Waals surface area contributed by atoms with Gasteiger partial charge in [-0.3, -0.25) is 0 Å². The van der Waals surface area contributed by atoms with Gasteiger partial charge in [-0.15, -0.1) is 0 Å². The maximum Gasteiger partial charge on any atom is 0.243 e. The smallest absolute Gasteiger partial charge is 0.243 e. The summed E-state index contributed by atoms with van der Waals surface area (Å²) >= 11 is 0. The van der Waals surface area contributed by atoms with Crippen LogP contribution in [0.15, 0.2) is 17.3 Å². The first-order valence-electron chi connectivity index (χ1n) is 4.49. The minimum Gasteiger partial charge on any atom is -0.368 e. The quantitative estimate of drug-likeness (QED) is 0.758. The molecule has 0 aliphatic carbocycles. The summed E-state index contributed by atoms with van der Waals surface area (Å²) < 4.78 is 25.7. The molecule has 0 spiro atoms. The Morgan fingerprint density at radius 2 is 1.93 bits per heavy atom. The molecule has 1 aromatic heterocycles. The number of anilines is 1. The van der Waals surface area contributed by atoms with Crippen molar-refractivity contribution in [2.45, 2.75) is 18.7 Å². The predicted octanol–water partition coefficient (Wildman–Crippen LogP) is -0.00690. The van der Waals surface area contributed by atoms with Gasteiger partial charge in [0.15, 0.2) is 0 Å². The highest BCUT2D eigenvalue weighted by atomic mass is 32.2. The second-order valence-electron chi connectivity index (χ2n) is 3.52. The highest BCUT2D eigenvalue weighted by molar-refractivity contribution is 7.89. The van der Waals surface area contributed by atoms with Gasteiger partial charge in [-0.25, -0.2) is 23.1 Å². The standard InChI is InChI=1S/C8H14N4O2S/c1-6(2)3-12-15(13,14)7-4-10-8(9)11-5-7/h4-6,12H,3H2,1-2H3,(H2,9,10,11). The predicted molar refractivity (Wildman–Crippen MR) is 56.5 cm³/mol. The summed E-state index contributed by atoms with van der Waals surface area (Å²) in [5, 5.41) is 0. The Bertz CT molecular complexity index is 413. The lowest BCUT2D eigenvalue weighted by molar-refractivity contribution is 0.559. The molecule has 84 valence electrons. The summed E-state index contributed by atoms with van der Waals surface area (Å²) in [4.78, 5) is 7.27. The first-order chi connectivity index (χ1) is 6.92. The monoisotopic (exact) mass is 230 g/mol. The van der Waals surface area contributed by atoms with Crippen molar-refractivity contribution in [1.29, 1.82) is 0 Å². The van der Waals surface area contributed by atoms with E-state index < -0.39 is 10.0 Å². The van der Waals surface area contributed by atoms with E-state index in [0.29, 0.717) is 6.54 Å². The zero-order valence-corrected chi connectivity index (χ0v) is 9.45. The van der Waals surface area contributed by atoms with Crippen LogP contribution in [0, 0.1) is 5.92 Å². The molecule has 0 fully saturated rings. The lowest BCUT2D eigenvalue weighted by Crippen LogP contribution is -2.27. The van der Waals surface area contributed by atoms with Crippen LogP contribution in [0.4, 0.5) is 5.95 Å². The van der Waals surface area contributed by atoms with Gasteiger partial charge in [-0.2, -0.15) is 0 Å². The Kier molecular flexibility index (Phi) is 3.59. The molecule has 0 saturated heterocycles. The van der Waals surface area contributed by atoms with Crippen LogP contribution >= 0.6 is 0 Å². The van der Waals surface area contributed by atoms with Gasteiger partial charge in [0.25, 0.3) is 0 Å². The average molecular weight is 230 g/mol. The number of nitrogens with two attached hydrogens (primary N) is 1. The van der Waals surface area contributed by atoms with Gasteiger partial charge >= 0.3 is 0 Å². The first kappa shape index (κ1) is 11.9. The van der Waals surface area contributed by atoms with Gasteiger partial charge in [0.05, 0.1) is 12.4 Å². The molecule has 6 nitrogen and oxygen atoms in total. The highest BCUT2D eigenvalue weighted by Crippen LogP contribution is 2.06. The minimum atomic E-state index is -3.50. The summed E-state index contributed by atoms with van der Waals surface area (Å²) in [5.74, 6) is 0.298. The SMILES string of the molecule is CC(C)CNS(=O)(=O)c1cnc(N)nc1. The number of sulfonamides is 1. The van der Waals surface area contributed by atoms with Crippen molar-refractivity contribution in [3.05, 3.63) is 12.4 Å². The number of nitrogens with one attached hydrogen (secondary N) is 1. The van der Waals surface area contributed by atoms with Crippen molar-refractivity contribution < 1.29 is 8.42 Å². The Morgan fingerprint density at radius 3 is 2.40 bits per heavy atom. The van der Waals surface area contributed by atoms with Crippen LogP contribution in [0.1, 0.15) is 13.8 Å². The molecule has 0 amide bonds. The average Bonchev–Trinajstić information content (AvgIpc) is 2.16. The van der Waals surface area contributed by atoms with E-state index in [-0.39, 0.29) is 16.8 Å². The third kappa shape index (κ3) is 3.45. The van der Waals surface area contributed by atoms with Crippen LogP contribution in [-0.2, 0) is 10.0 Å². The Morgan fingerprint density at radius 1 is 1.40 bits per heavy atom. The lowest BCUT2D eigenvalue weighted by atomic mass is 10.2. The Hall–Kier alpha value is -1.21. The van der Waals surface area contributed by atoms with E-state index in [2.05, 4.69) is 14.7 Å². The molecule has 3 N–H and O–H groups in total. The van der Waals surface area contributed by atoms with E-state index in [0.717, 1.165) is 0 Å².